The first-order chi connectivity index (χ1) is 16.0. The number of rotatable bonds is 7. The Hall–Kier alpha value is -1.75. The minimum absolute atomic E-state index is 0.116. The molecule has 4 aliphatic heterocycles. The van der Waals surface area contributed by atoms with Crippen LogP contribution in [0, 0.1) is 23.7 Å². The largest absolute Gasteiger partial charge is 0.455 e. The molecule has 0 radical (unpaired) electrons. The second kappa shape index (κ2) is 8.48. The van der Waals surface area contributed by atoms with Gasteiger partial charge in [0.1, 0.15) is 24.0 Å². The van der Waals surface area contributed by atoms with Crippen LogP contribution in [-0.4, -0.2) is 92.5 Å². The van der Waals surface area contributed by atoms with Crippen molar-refractivity contribution in [3.05, 3.63) is 0 Å². The van der Waals surface area contributed by atoms with Crippen LogP contribution in [0.5, 0.6) is 0 Å². The SMILES string of the molecule is CC(OC(=O)C1C2OC3C(OC(=O)C31)C2OC(=O)CN1CCOCC1)OC1CC2CCC1C2. The molecule has 0 spiro atoms. The molecule has 0 amide bonds. The maximum atomic E-state index is 13.1. The van der Waals surface area contributed by atoms with E-state index in [0.29, 0.717) is 32.2 Å². The van der Waals surface area contributed by atoms with E-state index in [0.717, 1.165) is 12.3 Å². The maximum absolute atomic E-state index is 13.1. The van der Waals surface area contributed by atoms with E-state index in [4.69, 9.17) is 28.4 Å². The Morgan fingerprint density at radius 1 is 1.12 bits per heavy atom. The van der Waals surface area contributed by atoms with Crippen molar-refractivity contribution in [3.8, 4) is 0 Å². The van der Waals surface area contributed by atoms with Gasteiger partial charge in [-0.05, 0) is 44.4 Å². The Labute approximate surface area is 192 Å². The fourth-order valence-electron chi connectivity index (χ4n) is 6.74. The van der Waals surface area contributed by atoms with E-state index in [1.54, 1.807) is 6.92 Å². The van der Waals surface area contributed by atoms with Gasteiger partial charge in [0.05, 0.1) is 25.9 Å². The number of carbonyl (C=O) groups is 3. The summed E-state index contributed by atoms with van der Waals surface area (Å²) in [6, 6.07) is 0. The predicted molar refractivity (Wildman–Crippen MR) is 109 cm³/mol. The standard InChI is InChI=1S/C23H31NO9/c1-11(29-14-9-12-2-3-13(14)8-12)30-22(26)16-17-19-21(33-23(17)27)20(18(16)32-19)31-15(25)10-24-4-6-28-7-5-24/h11-14,16-21H,2-10H2,1H3. The van der Waals surface area contributed by atoms with Crippen LogP contribution < -0.4 is 0 Å². The van der Waals surface area contributed by atoms with Gasteiger partial charge in [-0.1, -0.05) is 0 Å². The van der Waals surface area contributed by atoms with Crippen molar-refractivity contribution >= 4 is 17.9 Å². The normalized spacial score (nSPS) is 44.2. The lowest BCUT2D eigenvalue weighted by atomic mass is 9.78. The zero-order valence-corrected chi connectivity index (χ0v) is 18.8. The molecule has 10 nitrogen and oxygen atoms in total. The first-order valence-corrected chi connectivity index (χ1v) is 12.2. The van der Waals surface area contributed by atoms with Crippen molar-refractivity contribution in [3.63, 3.8) is 0 Å². The van der Waals surface area contributed by atoms with E-state index in [2.05, 4.69) is 0 Å². The van der Waals surface area contributed by atoms with Crippen molar-refractivity contribution in [2.75, 3.05) is 32.8 Å². The zero-order valence-electron chi connectivity index (χ0n) is 18.8. The maximum Gasteiger partial charge on any atom is 0.320 e. The lowest BCUT2D eigenvalue weighted by molar-refractivity contribution is -0.198. The molecule has 2 aliphatic carbocycles. The van der Waals surface area contributed by atoms with E-state index in [-0.39, 0.29) is 12.6 Å². The zero-order chi connectivity index (χ0) is 22.7. The Kier molecular flexibility index (Phi) is 5.59. The number of nitrogens with zero attached hydrogens (tertiary/aromatic N) is 1. The van der Waals surface area contributed by atoms with Gasteiger partial charge in [0.2, 0.25) is 0 Å². The van der Waals surface area contributed by atoms with Crippen molar-refractivity contribution in [2.45, 2.75) is 69.4 Å². The molecule has 4 bridgehead atoms. The number of hydrogen-bond acceptors (Lipinski definition) is 10. The van der Waals surface area contributed by atoms with Gasteiger partial charge in [-0.25, -0.2) is 0 Å². The van der Waals surface area contributed by atoms with Crippen LogP contribution in [-0.2, 0) is 42.8 Å². The second-order valence-corrected chi connectivity index (χ2v) is 10.2. The molecule has 0 aromatic carbocycles. The Morgan fingerprint density at radius 3 is 2.67 bits per heavy atom. The molecule has 6 rings (SSSR count). The van der Waals surface area contributed by atoms with Crippen LogP contribution in [0.1, 0.15) is 32.6 Å². The number of esters is 3. The van der Waals surface area contributed by atoms with Gasteiger partial charge in [0, 0.05) is 13.1 Å². The minimum atomic E-state index is -0.867. The molecule has 0 aromatic rings. The van der Waals surface area contributed by atoms with E-state index in [9.17, 15) is 14.4 Å². The topological polar surface area (TPSA) is 110 Å². The summed E-state index contributed by atoms with van der Waals surface area (Å²) >= 11 is 0. The molecule has 33 heavy (non-hydrogen) atoms. The van der Waals surface area contributed by atoms with Crippen molar-refractivity contribution in [1.29, 1.82) is 0 Å². The van der Waals surface area contributed by atoms with Gasteiger partial charge in [0.15, 0.2) is 18.5 Å². The summed E-state index contributed by atoms with van der Waals surface area (Å²) < 4.78 is 34.0. The first-order valence-electron chi connectivity index (χ1n) is 12.2. The van der Waals surface area contributed by atoms with Crippen molar-refractivity contribution in [2.24, 2.45) is 23.7 Å². The third-order valence-corrected chi connectivity index (χ3v) is 8.22. The van der Waals surface area contributed by atoms with Crippen LogP contribution in [0.15, 0.2) is 0 Å². The van der Waals surface area contributed by atoms with E-state index < -0.39 is 60.4 Å². The lowest BCUT2D eigenvalue weighted by Crippen LogP contribution is -2.49. The van der Waals surface area contributed by atoms with Gasteiger partial charge < -0.3 is 28.4 Å². The highest BCUT2D eigenvalue weighted by Crippen LogP contribution is 2.52. The second-order valence-electron chi connectivity index (χ2n) is 10.2. The predicted octanol–water partition coefficient (Wildman–Crippen LogP) is 0.264. The van der Waals surface area contributed by atoms with Crippen molar-refractivity contribution < 1.29 is 42.8 Å². The van der Waals surface area contributed by atoms with Crippen LogP contribution in [0.3, 0.4) is 0 Å². The Balaban J connectivity index is 1.08. The van der Waals surface area contributed by atoms with Crippen LogP contribution >= 0.6 is 0 Å². The highest BCUT2D eigenvalue weighted by Gasteiger charge is 2.72. The van der Waals surface area contributed by atoms with E-state index in [1.165, 1.54) is 19.3 Å². The van der Waals surface area contributed by atoms with Gasteiger partial charge in [-0.15, -0.1) is 0 Å². The summed E-state index contributed by atoms with van der Waals surface area (Å²) in [5.74, 6) is -1.82. The minimum Gasteiger partial charge on any atom is -0.455 e. The third kappa shape index (κ3) is 3.84. The summed E-state index contributed by atoms with van der Waals surface area (Å²) in [5.41, 5.74) is 0. The van der Waals surface area contributed by atoms with Crippen LogP contribution in [0.4, 0.5) is 0 Å². The molecule has 10 unspecified atom stereocenters. The van der Waals surface area contributed by atoms with E-state index >= 15 is 0 Å². The average Bonchev–Trinajstić information content (AvgIpc) is 3.57. The highest BCUT2D eigenvalue weighted by molar-refractivity contribution is 5.87. The quantitative estimate of drug-likeness (QED) is 0.295. The number of fused-ring (bicyclic) bond motifs is 3. The number of carbonyl (C=O) groups excluding carboxylic acids is 3. The molecule has 10 heteroatoms. The lowest BCUT2D eigenvalue weighted by Gasteiger charge is -2.30. The molecular formula is C23H31NO9. The number of ether oxygens (including phenoxy) is 6. The van der Waals surface area contributed by atoms with Gasteiger partial charge in [0.25, 0.3) is 0 Å². The summed E-state index contributed by atoms with van der Waals surface area (Å²) in [4.78, 5) is 40.1. The van der Waals surface area contributed by atoms with Crippen LogP contribution in [0.25, 0.3) is 0 Å². The summed E-state index contributed by atoms with van der Waals surface area (Å²) in [6.45, 7) is 4.28. The molecule has 182 valence electrons. The Bertz CT molecular complexity index is 814. The fraction of sp³-hybridized carbons (Fsp3) is 0.870. The molecule has 6 aliphatic rings. The smallest absolute Gasteiger partial charge is 0.320 e. The number of hydrogen-bond donors (Lipinski definition) is 0. The molecule has 10 atom stereocenters. The average molecular weight is 465 g/mol. The molecule has 0 aromatic heterocycles. The molecule has 4 heterocycles. The first kappa shape index (κ1) is 21.8. The van der Waals surface area contributed by atoms with E-state index in [1.807, 2.05) is 4.90 Å². The Morgan fingerprint density at radius 2 is 1.94 bits per heavy atom. The monoisotopic (exact) mass is 465 g/mol. The summed E-state index contributed by atoms with van der Waals surface area (Å²) in [5, 5.41) is 0. The van der Waals surface area contributed by atoms with Gasteiger partial charge in [-0.2, -0.15) is 0 Å². The molecule has 4 saturated heterocycles. The van der Waals surface area contributed by atoms with Crippen molar-refractivity contribution in [1.82, 2.24) is 4.90 Å². The molecule has 2 saturated carbocycles. The van der Waals surface area contributed by atoms with Crippen LogP contribution in [0.2, 0.25) is 0 Å². The van der Waals surface area contributed by atoms with Gasteiger partial charge in [-0.3, -0.25) is 19.3 Å². The molecule has 6 fully saturated rings. The van der Waals surface area contributed by atoms with Gasteiger partial charge >= 0.3 is 17.9 Å². The fourth-order valence-corrected chi connectivity index (χ4v) is 6.74. The molecule has 0 N–H and O–H groups in total. The highest BCUT2D eigenvalue weighted by atomic mass is 16.7. The third-order valence-electron chi connectivity index (χ3n) is 8.22. The summed E-state index contributed by atoms with van der Waals surface area (Å²) in [6.07, 6.45) is 1.21. The number of morpholine rings is 1. The summed E-state index contributed by atoms with van der Waals surface area (Å²) in [7, 11) is 0. The molecular weight excluding hydrogens is 434 g/mol.